The van der Waals surface area contributed by atoms with Crippen LogP contribution in [0.4, 0.5) is 0 Å². The SMILES string of the molecule is N#Cc1ccc(OCCSc2nnc(-c3ccncc3)n2-c2ccc(Cl)cc2)cc1. The van der Waals surface area contributed by atoms with Crippen molar-refractivity contribution in [3.63, 3.8) is 0 Å². The second kappa shape index (κ2) is 9.44. The number of hydrogen-bond acceptors (Lipinski definition) is 6. The van der Waals surface area contributed by atoms with E-state index in [0.717, 1.165) is 28.0 Å². The number of rotatable bonds is 7. The standard InChI is InChI=1S/C22H16ClN5OS/c23-18-3-5-19(6-4-18)28-21(17-9-11-25-12-10-17)26-27-22(28)30-14-13-29-20-7-1-16(15-24)2-8-20/h1-12H,13-14H2. The van der Waals surface area contributed by atoms with Crippen LogP contribution < -0.4 is 4.74 Å². The minimum Gasteiger partial charge on any atom is -0.493 e. The molecule has 2 aromatic carbocycles. The van der Waals surface area contributed by atoms with Gasteiger partial charge in [-0.2, -0.15) is 5.26 Å². The van der Waals surface area contributed by atoms with E-state index in [9.17, 15) is 0 Å². The van der Waals surface area contributed by atoms with E-state index in [-0.39, 0.29) is 0 Å². The zero-order valence-electron chi connectivity index (χ0n) is 15.8. The molecule has 0 radical (unpaired) electrons. The minimum absolute atomic E-state index is 0.495. The largest absolute Gasteiger partial charge is 0.493 e. The number of benzene rings is 2. The van der Waals surface area contributed by atoms with Crippen LogP contribution in [0, 0.1) is 11.3 Å². The van der Waals surface area contributed by atoms with Gasteiger partial charge in [-0.3, -0.25) is 9.55 Å². The Hall–Kier alpha value is -3.34. The maximum Gasteiger partial charge on any atom is 0.196 e. The highest BCUT2D eigenvalue weighted by Crippen LogP contribution is 2.28. The highest BCUT2D eigenvalue weighted by Gasteiger charge is 2.16. The van der Waals surface area contributed by atoms with Crippen molar-refractivity contribution in [1.82, 2.24) is 19.7 Å². The number of hydrogen-bond donors (Lipinski definition) is 0. The van der Waals surface area contributed by atoms with Crippen LogP contribution in [0.2, 0.25) is 5.02 Å². The van der Waals surface area contributed by atoms with Gasteiger partial charge in [-0.25, -0.2) is 0 Å². The number of ether oxygens (including phenoxy) is 1. The molecule has 4 aromatic rings. The quantitative estimate of drug-likeness (QED) is 0.300. The molecule has 2 aromatic heterocycles. The zero-order chi connectivity index (χ0) is 20.8. The number of halogens is 1. The first kappa shape index (κ1) is 20.0. The molecule has 0 spiro atoms. The van der Waals surface area contributed by atoms with Crippen molar-refractivity contribution in [2.45, 2.75) is 5.16 Å². The summed E-state index contributed by atoms with van der Waals surface area (Å²) in [5.74, 6) is 2.14. The summed E-state index contributed by atoms with van der Waals surface area (Å²) in [7, 11) is 0. The molecular weight excluding hydrogens is 418 g/mol. The average molecular weight is 434 g/mol. The molecular formula is C22H16ClN5OS. The molecule has 0 unspecified atom stereocenters. The molecule has 0 fully saturated rings. The minimum atomic E-state index is 0.495. The molecule has 8 heteroatoms. The summed E-state index contributed by atoms with van der Waals surface area (Å²) in [6.07, 6.45) is 3.46. The first-order valence-corrected chi connectivity index (χ1v) is 10.5. The summed E-state index contributed by atoms with van der Waals surface area (Å²) in [6, 6.07) is 20.5. The number of nitriles is 1. The Morgan fingerprint density at radius 3 is 2.40 bits per heavy atom. The third-order valence-electron chi connectivity index (χ3n) is 4.22. The van der Waals surface area contributed by atoms with E-state index in [0.29, 0.717) is 22.9 Å². The van der Waals surface area contributed by atoms with Gasteiger partial charge in [-0.1, -0.05) is 23.4 Å². The van der Waals surface area contributed by atoms with Crippen LogP contribution in [0.25, 0.3) is 17.1 Å². The second-order valence-electron chi connectivity index (χ2n) is 6.19. The molecule has 148 valence electrons. The third-order valence-corrected chi connectivity index (χ3v) is 5.37. The summed E-state index contributed by atoms with van der Waals surface area (Å²) in [6.45, 7) is 0.495. The summed E-state index contributed by atoms with van der Waals surface area (Å²) >= 11 is 7.61. The van der Waals surface area contributed by atoms with Crippen molar-refractivity contribution in [2.24, 2.45) is 0 Å². The summed E-state index contributed by atoms with van der Waals surface area (Å²) in [4.78, 5) is 4.08. The van der Waals surface area contributed by atoms with Crippen LogP contribution >= 0.6 is 23.4 Å². The second-order valence-corrected chi connectivity index (χ2v) is 7.69. The first-order valence-electron chi connectivity index (χ1n) is 9.12. The van der Waals surface area contributed by atoms with Crippen molar-refractivity contribution < 1.29 is 4.74 Å². The van der Waals surface area contributed by atoms with Crippen LogP contribution in [0.15, 0.2) is 78.2 Å². The van der Waals surface area contributed by atoms with Gasteiger partial charge in [0.05, 0.1) is 18.2 Å². The molecule has 2 heterocycles. The molecule has 0 saturated carbocycles. The molecule has 0 bridgehead atoms. The maximum atomic E-state index is 8.87. The lowest BCUT2D eigenvalue weighted by atomic mass is 10.2. The Kier molecular flexibility index (Phi) is 6.28. The lowest BCUT2D eigenvalue weighted by molar-refractivity contribution is 0.344. The molecule has 0 N–H and O–H groups in total. The molecule has 0 aliphatic carbocycles. The summed E-state index contributed by atoms with van der Waals surface area (Å²) in [5.41, 5.74) is 2.45. The van der Waals surface area contributed by atoms with Crippen molar-refractivity contribution in [3.8, 4) is 28.9 Å². The van der Waals surface area contributed by atoms with E-state index in [2.05, 4.69) is 21.3 Å². The molecule has 0 aliphatic rings. The Bertz CT molecular complexity index is 1160. The normalized spacial score (nSPS) is 10.5. The van der Waals surface area contributed by atoms with Gasteiger partial charge in [0.15, 0.2) is 11.0 Å². The monoisotopic (exact) mass is 433 g/mol. The van der Waals surface area contributed by atoms with Crippen LogP contribution in [0.3, 0.4) is 0 Å². The van der Waals surface area contributed by atoms with Crippen LogP contribution in [0.5, 0.6) is 5.75 Å². The fourth-order valence-electron chi connectivity index (χ4n) is 2.79. The molecule has 0 aliphatic heterocycles. The Morgan fingerprint density at radius 1 is 0.967 bits per heavy atom. The maximum absolute atomic E-state index is 8.87. The van der Waals surface area contributed by atoms with Gasteiger partial charge in [0.2, 0.25) is 0 Å². The van der Waals surface area contributed by atoms with E-state index in [1.807, 2.05) is 41.0 Å². The van der Waals surface area contributed by atoms with E-state index < -0.39 is 0 Å². The molecule has 0 amide bonds. The average Bonchev–Trinajstić information content (AvgIpc) is 3.22. The van der Waals surface area contributed by atoms with E-state index in [1.165, 1.54) is 0 Å². The van der Waals surface area contributed by atoms with Crippen LogP contribution in [-0.4, -0.2) is 32.1 Å². The molecule has 6 nitrogen and oxygen atoms in total. The van der Waals surface area contributed by atoms with Gasteiger partial charge >= 0.3 is 0 Å². The Labute approximate surface area is 183 Å². The highest BCUT2D eigenvalue weighted by molar-refractivity contribution is 7.99. The van der Waals surface area contributed by atoms with Gasteiger partial charge in [-0.15, -0.1) is 10.2 Å². The van der Waals surface area contributed by atoms with Crippen molar-refractivity contribution in [2.75, 3.05) is 12.4 Å². The highest BCUT2D eigenvalue weighted by atomic mass is 35.5. The van der Waals surface area contributed by atoms with Crippen molar-refractivity contribution >= 4 is 23.4 Å². The van der Waals surface area contributed by atoms with E-state index >= 15 is 0 Å². The Morgan fingerprint density at radius 2 is 1.70 bits per heavy atom. The topological polar surface area (TPSA) is 76.6 Å². The number of aromatic nitrogens is 4. The van der Waals surface area contributed by atoms with Crippen LogP contribution in [-0.2, 0) is 0 Å². The molecule has 0 saturated heterocycles. The van der Waals surface area contributed by atoms with Crippen LogP contribution in [0.1, 0.15) is 5.56 Å². The zero-order valence-corrected chi connectivity index (χ0v) is 17.3. The summed E-state index contributed by atoms with van der Waals surface area (Å²) < 4.78 is 7.76. The van der Waals surface area contributed by atoms with Gasteiger partial charge in [0.1, 0.15) is 5.75 Å². The lowest BCUT2D eigenvalue weighted by Crippen LogP contribution is -2.03. The third kappa shape index (κ3) is 4.62. The van der Waals surface area contributed by atoms with Crippen molar-refractivity contribution in [3.05, 3.63) is 83.6 Å². The Balaban J connectivity index is 1.51. The van der Waals surface area contributed by atoms with Gasteiger partial charge in [-0.05, 0) is 60.7 Å². The number of pyridine rings is 1. The lowest BCUT2D eigenvalue weighted by Gasteiger charge is -2.11. The predicted octanol–water partition coefficient (Wildman–Crippen LogP) is 5.03. The van der Waals surface area contributed by atoms with Gasteiger partial charge in [0, 0.05) is 34.4 Å². The fourth-order valence-corrected chi connectivity index (χ4v) is 3.69. The van der Waals surface area contributed by atoms with E-state index in [4.69, 9.17) is 21.6 Å². The van der Waals surface area contributed by atoms with Gasteiger partial charge in [0.25, 0.3) is 0 Å². The molecule has 30 heavy (non-hydrogen) atoms. The first-order chi connectivity index (χ1) is 14.7. The predicted molar refractivity (Wildman–Crippen MR) is 117 cm³/mol. The summed E-state index contributed by atoms with van der Waals surface area (Å²) in [5, 5.41) is 19.1. The number of nitrogens with zero attached hydrogens (tertiary/aromatic N) is 5. The molecule has 4 rings (SSSR count). The van der Waals surface area contributed by atoms with E-state index in [1.54, 1.807) is 48.4 Å². The van der Waals surface area contributed by atoms with Gasteiger partial charge < -0.3 is 4.74 Å². The molecule has 0 atom stereocenters. The fraction of sp³-hybridized carbons (Fsp3) is 0.0909. The smallest absolute Gasteiger partial charge is 0.196 e. The van der Waals surface area contributed by atoms with Crippen molar-refractivity contribution in [1.29, 1.82) is 5.26 Å². The number of thioether (sulfide) groups is 1.